The highest BCUT2D eigenvalue weighted by atomic mass is 35.5. The van der Waals surface area contributed by atoms with Gasteiger partial charge >= 0.3 is 0 Å². The zero-order valence-electron chi connectivity index (χ0n) is 11.6. The molecule has 112 valence electrons. The Labute approximate surface area is 136 Å². The van der Waals surface area contributed by atoms with Gasteiger partial charge in [0.15, 0.2) is 5.13 Å². The Bertz CT molecular complexity index is 695. The average Bonchev–Trinajstić information content (AvgIpc) is 2.82. The number of anilines is 1. The predicted molar refractivity (Wildman–Crippen MR) is 85.2 cm³/mol. The number of rotatable bonds is 2. The van der Waals surface area contributed by atoms with Crippen LogP contribution < -0.4 is 5.32 Å². The summed E-state index contributed by atoms with van der Waals surface area (Å²) in [7, 11) is 0. The first-order chi connectivity index (χ1) is 9.68. The summed E-state index contributed by atoms with van der Waals surface area (Å²) in [5.41, 5.74) is 0.783. The van der Waals surface area contributed by atoms with Gasteiger partial charge in [-0.2, -0.15) is 0 Å². The summed E-state index contributed by atoms with van der Waals surface area (Å²) < 4.78 is 13.4. The van der Waals surface area contributed by atoms with Crippen LogP contribution >= 0.6 is 34.5 Å². The van der Waals surface area contributed by atoms with Gasteiger partial charge in [0, 0.05) is 10.8 Å². The zero-order valence-corrected chi connectivity index (χ0v) is 14.0. The van der Waals surface area contributed by atoms with E-state index in [1.807, 2.05) is 26.2 Å². The van der Waals surface area contributed by atoms with Gasteiger partial charge in [-0.3, -0.25) is 10.1 Å². The highest BCUT2D eigenvalue weighted by Gasteiger charge is 2.19. The number of aromatic nitrogens is 1. The number of halogens is 3. The highest BCUT2D eigenvalue weighted by Crippen LogP contribution is 2.28. The minimum Gasteiger partial charge on any atom is -0.298 e. The third-order valence-corrected chi connectivity index (χ3v) is 4.11. The fourth-order valence-electron chi connectivity index (χ4n) is 1.54. The number of nitrogens with one attached hydrogen (secondary N) is 1. The fourth-order valence-corrected chi connectivity index (χ4v) is 2.94. The van der Waals surface area contributed by atoms with E-state index < -0.39 is 11.7 Å². The van der Waals surface area contributed by atoms with E-state index in [1.54, 1.807) is 0 Å². The van der Waals surface area contributed by atoms with Crippen molar-refractivity contribution in [3.8, 4) is 0 Å². The summed E-state index contributed by atoms with van der Waals surface area (Å²) in [6.07, 6.45) is 0. The number of amides is 1. The fraction of sp³-hybridized carbons (Fsp3) is 0.286. The molecule has 0 saturated heterocycles. The molecule has 0 spiro atoms. The van der Waals surface area contributed by atoms with Crippen molar-refractivity contribution in [3.63, 3.8) is 0 Å². The predicted octanol–water partition coefficient (Wildman–Crippen LogP) is 5.14. The van der Waals surface area contributed by atoms with E-state index >= 15 is 0 Å². The van der Waals surface area contributed by atoms with Crippen LogP contribution in [0.1, 0.15) is 36.8 Å². The van der Waals surface area contributed by atoms with E-state index in [1.165, 1.54) is 17.4 Å². The first-order valence-corrected chi connectivity index (χ1v) is 7.74. The molecule has 1 N–H and O–H groups in total. The summed E-state index contributed by atoms with van der Waals surface area (Å²) in [4.78, 5) is 16.5. The Balaban J connectivity index is 2.22. The number of hydrogen-bond donors (Lipinski definition) is 1. The molecule has 1 aromatic carbocycles. The van der Waals surface area contributed by atoms with Crippen molar-refractivity contribution in [2.75, 3.05) is 5.32 Å². The van der Waals surface area contributed by atoms with Crippen LogP contribution in [0.2, 0.25) is 10.0 Å². The largest absolute Gasteiger partial charge is 0.298 e. The molecule has 1 amide bonds. The maximum atomic E-state index is 13.4. The maximum Gasteiger partial charge on any atom is 0.259 e. The summed E-state index contributed by atoms with van der Waals surface area (Å²) in [5.74, 6) is -1.22. The van der Waals surface area contributed by atoms with Gasteiger partial charge in [-0.15, -0.1) is 11.3 Å². The van der Waals surface area contributed by atoms with Gasteiger partial charge < -0.3 is 0 Å². The standard InChI is InChI=1S/C14H13Cl2FN2OS/c1-14(2,3)11-6-21-13(18-11)19-12(20)7-4-10(17)9(16)5-8(7)15/h4-6H,1-3H3,(H,18,19,20). The van der Waals surface area contributed by atoms with Gasteiger partial charge in [-0.1, -0.05) is 44.0 Å². The molecule has 0 fully saturated rings. The summed E-state index contributed by atoms with van der Waals surface area (Å²) in [6.45, 7) is 6.08. The lowest BCUT2D eigenvalue weighted by Gasteiger charge is -2.14. The Hall–Kier alpha value is -1.17. The van der Waals surface area contributed by atoms with Crippen molar-refractivity contribution in [2.24, 2.45) is 0 Å². The molecule has 0 saturated carbocycles. The Morgan fingerprint density at radius 2 is 1.95 bits per heavy atom. The molecule has 2 aromatic rings. The lowest BCUT2D eigenvalue weighted by Crippen LogP contribution is -2.14. The van der Waals surface area contributed by atoms with Crippen LogP contribution in [0.15, 0.2) is 17.5 Å². The van der Waals surface area contributed by atoms with Crippen LogP contribution in [0.25, 0.3) is 0 Å². The Kier molecular flexibility index (Phi) is 4.56. The van der Waals surface area contributed by atoms with E-state index in [2.05, 4.69) is 10.3 Å². The second kappa shape index (κ2) is 5.91. The lowest BCUT2D eigenvalue weighted by atomic mass is 9.93. The molecule has 0 bridgehead atoms. The van der Waals surface area contributed by atoms with Crippen molar-refractivity contribution >= 4 is 45.6 Å². The lowest BCUT2D eigenvalue weighted by molar-refractivity contribution is 0.102. The van der Waals surface area contributed by atoms with Crippen LogP contribution in [-0.4, -0.2) is 10.9 Å². The normalized spacial score (nSPS) is 11.5. The molecule has 21 heavy (non-hydrogen) atoms. The van der Waals surface area contributed by atoms with E-state index in [9.17, 15) is 9.18 Å². The Morgan fingerprint density at radius 1 is 1.29 bits per heavy atom. The van der Waals surface area contributed by atoms with Crippen molar-refractivity contribution < 1.29 is 9.18 Å². The molecule has 0 aliphatic heterocycles. The summed E-state index contributed by atoms with van der Waals surface area (Å²) in [5, 5.41) is 4.89. The maximum absolute atomic E-state index is 13.4. The second-order valence-corrected chi connectivity index (χ2v) is 7.16. The quantitative estimate of drug-likeness (QED) is 0.765. The molecular formula is C14H13Cl2FN2OS. The molecule has 0 atom stereocenters. The molecule has 1 heterocycles. The molecule has 0 aliphatic rings. The topological polar surface area (TPSA) is 42.0 Å². The van der Waals surface area contributed by atoms with Gasteiger partial charge in [0.25, 0.3) is 5.91 Å². The van der Waals surface area contributed by atoms with Crippen molar-refractivity contribution in [1.29, 1.82) is 0 Å². The molecule has 1 aromatic heterocycles. The Morgan fingerprint density at radius 3 is 2.52 bits per heavy atom. The van der Waals surface area contributed by atoms with E-state index in [0.29, 0.717) is 5.13 Å². The molecule has 0 radical (unpaired) electrons. The minimum absolute atomic E-state index is 0.0195. The van der Waals surface area contributed by atoms with Crippen LogP contribution in [0.5, 0.6) is 0 Å². The van der Waals surface area contributed by atoms with Gasteiger partial charge in [0.05, 0.1) is 21.3 Å². The smallest absolute Gasteiger partial charge is 0.259 e. The molecule has 3 nitrogen and oxygen atoms in total. The van der Waals surface area contributed by atoms with Crippen molar-refractivity contribution in [2.45, 2.75) is 26.2 Å². The van der Waals surface area contributed by atoms with Gasteiger partial charge in [-0.05, 0) is 12.1 Å². The molecule has 0 unspecified atom stereocenters. The monoisotopic (exact) mass is 346 g/mol. The highest BCUT2D eigenvalue weighted by molar-refractivity contribution is 7.14. The average molecular weight is 347 g/mol. The zero-order chi connectivity index (χ0) is 15.8. The molecule has 0 aliphatic carbocycles. The number of thiazole rings is 1. The minimum atomic E-state index is -0.694. The van der Waals surface area contributed by atoms with Crippen molar-refractivity contribution in [3.05, 3.63) is 44.6 Å². The number of carbonyl (C=O) groups is 1. The number of hydrogen-bond acceptors (Lipinski definition) is 3. The third kappa shape index (κ3) is 3.73. The van der Waals surface area contributed by atoms with E-state index in [-0.39, 0.29) is 21.0 Å². The first-order valence-electron chi connectivity index (χ1n) is 6.10. The molecular weight excluding hydrogens is 334 g/mol. The summed E-state index contributed by atoms with van der Waals surface area (Å²) >= 11 is 12.8. The van der Waals surface area contributed by atoms with Crippen molar-refractivity contribution in [1.82, 2.24) is 4.98 Å². The van der Waals surface area contributed by atoms with Gasteiger partial charge in [0.2, 0.25) is 0 Å². The van der Waals surface area contributed by atoms with Gasteiger partial charge in [0.1, 0.15) is 5.82 Å². The van der Waals surface area contributed by atoms with E-state index in [0.717, 1.165) is 11.8 Å². The van der Waals surface area contributed by atoms with E-state index in [4.69, 9.17) is 23.2 Å². The number of benzene rings is 1. The molecule has 7 heteroatoms. The van der Waals surface area contributed by atoms with Crippen LogP contribution in [0, 0.1) is 5.82 Å². The summed E-state index contributed by atoms with van der Waals surface area (Å²) in [6, 6.07) is 2.22. The number of nitrogens with zero attached hydrogens (tertiary/aromatic N) is 1. The molecule has 2 rings (SSSR count). The SMILES string of the molecule is CC(C)(C)c1csc(NC(=O)c2cc(F)c(Cl)cc2Cl)n1. The van der Waals surface area contributed by atoms with Crippen LogP contribution in [-0.2, 0) is 5.41 Å². The second-order valence-electron chi connectivity index (χ2n) is 5.49. The van der Waals surface area contributed by atoms with Gasteiger partial charge in [-0.25, -0.2) is 9.37 Å². The first kappa shape index (κ1) is 16.2. The third-order valence-electron chi connectivity index (χ3n) is 2.75. The van der Waals surface area contributed by atoms with Crippen LogP contribution in [0.4, 0.5) is 9.52 Å². The van der Waals surface area contributed by atoms with Crippen LogP contribution in [0.3, 0.4) is 0 Å². The number of carbonyl (C=O) groups excluding carboxylic acids is 1.